The van der Waals surface area contributed by atoms with Crippen LogP contribution in [-0.4, -0.2) is 57.9 Å². The van der Waals surface area contributed by atoms with E-state index >= 15 is 0 Å². The van der Waals surface area contributed by atoms with Gasteiger partial charge in [0.1, 0.15) is 23.4 Å². The van der Waals surface area contributed by atoms with Crippen molar-refractivity contribution in [1.82, 2.24) is 15.5 Å². The maximum Gasteiger partial charge on any atom is 0.408 e. The number of unbranched alkanes of at least 4 members (excludes halogenated alkanes) is 4. The van der Waals surface area contributed by atoms with Crippen molar-refractivity contribution in [3.63, 3.8) is 0 Å². The van der Waals surface area contributed by atoms with Gasteiger partial charge in [0.15, 0.2) is 0 Å². The lowest BCUT2D eigenvalue weighted by molar-refractivity contribution is -0.142. The number of carbonyl (C=O) groups is 3. The summed E-state index contributed by atoms with van der Waals surface area (Å²) in [4.78, 5) is 41.0. The van der Waals surface area contributed by atoms with Crippen LogP contribution in [0.2, 0.25) is 0 Å². The van der Waals surface area contributed by atoms with Crippen LogP contribution in [0.4, 0.5) is 4.79 Å². The summed E-state index contributed by atoms with van der Waals surface area (Å²) in [7, 11) is 0. The molecule has 8 nitrogen and oxygen atoms in total. The highest BCUT2D eigenvalue weighted by molar-refractivity contribution is 7.80. The Morgan fingerprint density at radius 1 is 1.03 bits per heavy atom. The van der Waals surface area contributed by atoms with Gasteiger partial charge in [0, 0.05) is 18.3 Å². The summed E-state index contributed by atoms with van der Waals surface area (Å²) in [6.07, 6.45) is 4.13. The lowest BCUT2D eigenvalue weighted by Gasteiger charge is -2.34. The van der Waals surface area contributed by atoms with Crippen molar-refractivity contribution in [2.45, 2.75) is 97.4 Å². The zero-order valence-electron chi connectivity index (χ0n) is 22.0. The van der Waals surface area contributed by atoms with Crippen molar-refractivity contribution in [3.05, 3.63) is 29.8 Å². The summed E-state index contributed by atoms with van der Waals surface area (Å²) < 4.78 is 5.32. The lowest BCUT2D eigenvalue weighted by Crippen LogP contribution is -2.54. The molecule has 9 heteroatoms. The van der Waals surface area contributed by atoms with Gasteiger partial charge in [-0.3, -0.25) is 9.59 Å². The summed E-state index contributed by atoms with van der Waals surface area (Å²) in [5.41, 5.74) is -0.156. The van der Waals surface area contributed by atoms with Gasteiger partial charge in [0.25, 0.3) is 0 Å². The van der Waals surface area contributed by atoms with Crippen LogP contribution in [-0.2, 0) is 14.3 Å². The number of phenolic OH excluding ortho intramolecular Hbond substituents is 1. The number of hydrogen-bond donors (Lipinski definition) is 4. The van der Waals surface area contributed by atoms with Crippen molar-refractivity contribution >= 4 is 30.5 Å². The summed E-state index contributed by atoms with van der Waals surface area (Å²) in [5, 5.41) is 15.3. The fourth-order valence-corrected chi connectivity index (χ4v) is 3.83. The maximum atomic E-state index is 13.7. The number of phenols is 1. The molecule has 0 aromatic heterocycles. The molecule has 1 rings (SSSR count). The number of hydrogen-bond acceptors (Lipinski definition) is 6. The molecule has 0 bridgehead atoms. The number of nitrogens with one attached hydrogen (secondary N) is 2. The minimum Gasteiger partial charge on any atom is -0.508 e. The molecule has 0 heterocycles. The number of thiol groups is 1. The number of amides is 3. The second-order valence-electron chi connectivity index (χ2n) is 9.98. The number of rotatable bonds is 13. The number of alkyl carbamates (subject to hydrolysis) is 1. The van der Waals surface area contributed by atoms with Gasteiger partial charge in [0.05, 0.1) is 0 Å². The second-order valence-corrected chi connectivity index (χ2v) is 10.3. The predicted molar refractivity (Wildman–Crippen MR) is 142 cm³/mol. The highest BCUT2D eigenvalue weighted by Crippen LogP contribution is 2.26. The quantitative estimate of drug-likeness (QED) is 0.230. The van der Waals surface area contributed by atoms with Crippen molar-refractivity contribution in [2.75, 3.05) is 12.3 Å². The molecule has 2 unspecified atom stereocenters. The SMILES string of the molecule is CCCCCCCN(C(=O)C(CS)NC(=O)OC(C)(C)C)C(C(=O)NC(C)C)c1ccc(O)cc1. The molecule has 0 saturated heterocycles. The van der Waals surface area contributed by atoms with Gasteiger partial charge in [-0.1, -0.05) is 44.7 Å². The van der Waals surface area contributed by atoms with Crippen LogP contribution < -0.4 is 10.6 Å². The first-order chi connectivity index (χ1) is 16.4. The molecule has 0 fully saturated rings. The van der Waals surface area contributed by atoms with Gasteiger partial charge < -0.3 is 25.4 Å². The Balaban J connectivity index is 3.31. The third-order valence-electron chi connectivity index (χ3n) is 5.16. The van der Waals surface area contributed by atoms with Gasteiger partial charge in [-0.15, -0.1) is 0 Å². The van der Waals surface area contributed by atoms with Crippen molar-refractivity contribution < 1.29 is 24.2 Å². The van der Waals surface area contributed by atoms with Crippen LogP contribution in [0.5, 0.6) is 5.75 Å². The number of nitrogens with zero attached hydrogens (tertiary/aromatic N) is 1. The van der Waals surface area contributed by atoms with E-state index in [0.29, 0.717) is 18.5 Å². The Labute approximate surface area is 215 Å². The van der Waals surface area contributed by atoms with E-state index in [1.165, 1.54) is 17.0 Å². The molecule has 1 aromatic rings. The fraction of sp³-hybridized carbons (Fsp3) is 0.654. The van der Waals surface area contributed by atoms with E-state index in [4.69, 9.17) is 4.74 Å². The first kappa shape index (κ1) is 30.6. The van der Waals surface area contributed by atoms with E-state index in [9.17, 15) is 19.5 Å². The molecule has 198 valence electrons. The largest absolute Gasteiger partial charge is 0.508 e. The zero-order chi connectivity index (χ0) is 26.6. The molecule has 0 saturated carbocycles. The van der Waals surface area contributed by atoms with Gasteiger partial charge >= 0.3 is 6.09 Å². The molecule has 0 radical (unpaired) electrons. The number of benzene rings is 1. The Morgan fingerprint density at radius 3 is 2.14 bits per heavy atom. The molecule has 0 aliphatic carbocycles. The summed E-state index contributed by atoms with van der Waals surface area (Å²) in [6.45, 7) is 11.4. The molecular weight excluding hydrogens is 466 g/mol. The van der Waals surface area contributed by atoms with E-state index in [0.717, 1.165) is 25.7 Å². The standard InChI is InChI=1S/C26H43N3O5S/c1-7-8-9-10-11-16-29(24(32)21(17-35)28-25(33)34-26(4,5)6)22(23(31)27-18(2)3)19-12-14-20(30)15-13-19/h12-15,18,21-22,30,35H,7-11,16-17H2,1-6H3,(H,27,31)(H,28,33). The minimum atomic E-state index is -0.977. The first-order valence-corrected chi connectivity index (χ1v) is 13.0. The lowest BCUT2D eigenvalue weighted by atomic mass is 10.0. The smallest absolute Gasteiger partial charge is 0.408 e. The van der Waals surface area contributed by atoms with E-state index < -0.39 is 29.7 Å². The normalized spacial score (nSPS) is 13.1. The van der Waals surface area contributed by atoms with Crippen LogP contribution in [0, 0.1) is 0 Å². The van der Waals surface area contributed by atoms with Crippen molar-refractivity contribution in [2.24, 2.45) is 0 Å². The van der Waals surface area contributed by atoms with E-state index in [-0.39, 0.29) is 23.5 Å². The van der Waals surface area contributed by atoms with Crippen LogP contribution >= 0.6 is 12.6 Å². The molecule has 3 N–H and O–H groups in total. The molecule has 2 atom stereocenters. The Bertz CT molecular complexity index is 808. The monoisotopic (exact) mass is 509 g/mol. The van der Waals surface area contributed by atoms with Gasteiger partial charge in [-0.25, -0.2) is 4.79 Å². The Morgan fingerprint density at radius 2 is 1.63 bits per heavy atom. The van der Waals surface area contributed by atoms with Crippen molar-refractivity contribution in [3.8, 4) is 5.75 Å². The van der Waals surface area contributed by atoms with E-state index in [1.54, 1.807) is 32.9 Å². The van der Waals surface area contributed by atoms with Gasteiger partial charge in [-0.2, -0.15) is 12.6 Å². The van der Waals surface area contributed by atoms with Gasteiger partial charge in [-0.05, 0) is 58.7 Å². The molecule has 0 aliphatic rings. The highest BCUT2D eigenvalue weighted by Gasteiger charge is 2.35. The van der Waals surface area contributed by atoms with E-state index in [2.05, 4.69) is 30.2 Å². The Kier molecular flexibility index (Phi) is 13.0. The summed E-state index contributed by atoms with van der Waals surface area (Å²) >= 11 is 4.30. The maximum absolute atomic E-state index is 13.7. The fourth-order valence-electron chi connectivity index (χ4n) is 3.58. The molecule has 3 amide bonds. The molecule has 0 spiro atoms. The Hall–Kier alpha value is -2.42. The van der Waals surface area contributed by atoms with Crippen LogP contribution in [0.3, 0.4) is 0 Å². The second kappa shape index (κ2) is 14.9. The number of aromatic hydroxyl groups is 1. The van der Waals surface area contributed by atoms with Crippen LogP contribution in [0.1, 0.15) is 85.3 Å². The molecule has 35 heavy (non-hydrogen) atoms. The third-order valence-corrected chi connectivity index (χ3v) is 5.52. The third kappa shape index (κ3) is 11.2. The highest BCUT2D eigenvalue weighted by atomic mass is 32.1. The topological polar surface area (TPSA) is 108 Å². The first-order valence-electron chi connectivity index (χ1n) is 12.4. The average Bonchev–Trinajstić information content (AvgIpc) is 2.75. The van der Waals surface area contributed by atoms with Gasteiger partial charge in [0.2, 0.25) is 11.8 Å². The summed E-state index contributed by atoms with van der Waals surface area (Å²) in [6, 6.07) is 4.20. The molecule has 0 aliphatic heterocycles. The average molecular weight is 510 g/mol. The predicted octanol–water partition coefficient (Wildman–Crippen LogP) is 4.58. The van der Waals surface area contributed by atoms with E-state index in [1.807, 2.05) is 13.8 Å². The van der Waals surface area contributed by atoms with Crippen LogP contribution in [0.15, 0.2) is 24.3 Å². The van der Waals surface area contributed by atoms with Crippen molar-refractivity contribution in [1.29, 1.82) is 0 Å². The molecular formula is C26H43N3O5S. The number of carbonyl (C=O) groups excluding carboxylic acids is 3. The van der Waals surface area contributed by atoms with Crippen LogP contribution in [0.25, 0.3) is 0 Å². The number of ether oxygens (including phenoxy) is 1. The molecule has 1 aromatic carbocycles. The zero-order valence-corrected chi connectivity index (χ0v) is 22.9. The minimum absolute atomic E-state index is 0.0402. The summed E-state index contributed by atoms with van der Waals surface area (Å²) in [5.74, 6) is -0.645.